The standard InChI is InChI=1S/C22H24N6O3S/c1-14-11-18(15-7-9-23-10-8-15)21(17-6-4-5-16(14)17)26-22(29)27-32(30,31)20-13-24-19(12-25-20)28(2)3/h7-13H,4-6H2,1-3H3,(H2,26,27,29). The molecule has 1 aliphatic carbocycles. The number of urea groups is 1. The molecule has 2 amide bonds. The van der Waals surface area contributed by atoms with E-state index in [9.17, 15) is 13.2 Å². The van der Waals surface area contributed by atoms with Crippen LogP contribution in [0.5, 0.6) is 0 Å². The number of nitrogens with one attached hydrogen (secondary N) is 2. The number of amides is 2. The number of pyridine rings is 1. The Kier molecular flexibility index (Phi) is 5.79. The molecule has 166 valence electrons. The first-order chi connectivity index (χ1) is 15.3. The van der Waals surface area contributed by atoms with Gasteiger partial charge in [0, 0.05) is 32.1 Å². The normalized spacial score (nSPS) is 12.8. The first-order valence-corrected chi connectivity index (χ1v) is 11.6. The van der Waals surface area contributed by atoms with Gasteiger partial charge in [-0.05, 0) is 66.6 Å². The summed E-state index contributed by atoms with van der Waals surface area (Å²) in [6.45, 7) is 2.05. The summed E-state index contributed by atoms with van der Waals surface area (Å²) in [4.78, 5) is 26.5. The van der Waals surface area contributed by atoms with Crippen LogP contribution in [0.4, 0.5) is 16.3 Å². The minimum Gasteiger partial charge on any atom is -0.361 e. The highest BCUT2D eigenvalue weighted by molar-refractivity contribution is 7.90. The lowest BCUT2D eigenvalue weighted by molar-refractivity contribution is 0.256. The van der Waals surface area contributed by atoms with E-state index in [1.807, 2.05) is 22.9 Å². The molecule has 3 aromatic rings. The molecule has 0 radical (unpaired) electrons. The van der Waals surface area contributed by atoms with Crippen LogP contribution in [0.2, 0.25) is 0 Å². The lowest BCUT2D eigenvalue weighted by atomic mass is 9.94. The molecule has 0 bridgehead atoms. The summed E-state index contributed by atoms with van der Waals surface area (Å²) in [5.41, 5.74) is 5.73. The zero-order chi connectivity index (χ0) is 22.9. The fourth-order valence-corrected chi connectivity index (χ4v) is 4.67. The third-order valence-electron chi connectivity index (χ3n) is 5.43. The molecule has 10 heteroatoms. The largest absolute Gasteiger partial charge is 0.361 e. The highest BCUT2D eigenvalue weighted by atomic mass is 32.2. The Bertz CT molecular complexity index is 1260. The Morgan fingerprint density at radius 2 is 1.78 bits per heavy atom. The number of aromatic nitrogens is 3. The number of rotatable bonds is 5. The summed E-state index contributed by atoms with van der Waals surface area (Å²) in [5.74, 6) is 0.505. The van der Waals surface area contributed by atoms with Crippen molar-refractivity contribution in [3.63, 3.8) is 0 Å². The van der Waals surface area contributed by atoms with Crippen molar-refractivity contribution >= 4 is 27.6 Å². The number of hydrogen-bond donors (Lipinski definition) is 2. The van der Waals surface area contributed by atoms with Gasteiger partial charge in [0.25, 0.3) is 10.0 Å². The van der Waals surface area contributed by atoms with Crippen LogP contribution in [0.25, 0.3) is 11.1 Å². The third-order valence-corrected chi connectivity index (χ3v) is 6.65. The number of anilines is 2. The van der Waals surface area contributed by atoms with Gasteiger partial charge in [-0.1, -0.05) is 0 Å². The van der Waals surface area contributed by atoms with Gasteiger partial charge in [0.1, 0.15) is 5.82 Å². The monoisotopic (exact) mass is 452 g/mol. The Hall–Kier alpha value is -3.53. The molecule has 1 aromatic carbocycles. The van der Waals surface area contributed by atoms with Crippen molar-refractivity contribution in [1.29, 1.82) is 0 Å². The summed E-state index contributed by atoms with van der Waals surface area (Å²) in [5, 5.41) is 2.45. The number of fused-ring (bicyclic) bond motifs is 1. The first kappa shape index (κ1) is 21.7. The zero-order valence-corrected chi connectivity index (χ0v) is 18.9. The van der Waals surface area contributed by atoms with Gasteiger partial charge in [-0.2, -0.15) is 8.42 Å². The van der Waals surface area contributed by atoms with Gasteiger partial charge in [0.05, 0.1) is 18.1 Å². The molecule has 0 fully saturated rings. The second-order valence-corrected chi connectivity index (χ2v) is 9.46. The fraction of sp³-hybridized carbons (Fsp3) is 0.273. The number of benzene rings is 1. The average molecular weight is 453 g/mol. The van der Waals surface area contributed by atoms with Gasteiger partial charge in [0.2, 0.25) is 0 Å². The van der Waals surface area contributed by atoms with Crippen LogP contribution >= 0.6 is 0 Å². The van der Waals surface area contributed by atoms with E-state index in [4.69, 9.17) is 0 Å². The van der Waals surface area contributed by atoms with Crippen LogP contribution in [0.3, 0.4) is 0 Å². The number of sulfonamides is 1. The number of carbonyl (C=O) groups is 1. The molecule has 0 spiro atoms. The van der Waals surface area contributed by atoms with Crippen molar-refractivity contribution in [2.24, 2.45) is 0 Å². The predicted octanol–water partition coefficient (Wildman–Crippen LogP) is 2.91. The van der Waals surface area contributed by atoms with Crippen LogP contribution in [-0.2, 0) is 22.9 Å². The molecule has 2 aromatic heterocycles. The summed E-state index contributed by atoms with van der Waals surface area (Å²) in [6, 6.07) is 4.89. The van der Waals surface area contributed by atoms with Crippen molar-refractivity contribution < 1.29 is 13.2 Å². The van der Waals surface area contributed by atoms with Crippen molar-refractivity contribution in [2.75, 3.05) is 24.3 Å². The van der Waals surface area contributed by atoms with Crippen molar-refractivity contribution in [2.45, 2.75) is 31.2 Å². The lowest BCUT2D eigenvalue weighted by Gasteiger charge is -2.18. The van der Waals surface area contributed by atoms with Crippen molar-refractivity contribution in [1.82, 2.24) is 19.7 Å². The molecule has 2 N–H and O–H groups in total. The van der Waals surface area contributed by atoms with E-state index in [1.165, 1.54) is 11.8 Å². The van der Waals surface area contributed by atoms with Crippen molar-refractivity contribution in [3.05, 3.63) is 59.7 Å². The van der Waals surface area contributed by atoms with Gasteiger partial charge in [-0.3, -0.25) is 4.98 Å². The third kappa shape index (κ3) is 4.26. The summed E-state index contributed by atoms with van der Waals surface area (Å²) < 4.78 is 27.4. The summed E-state index contributed by atoms with van der Waals surface area (Å²) >= 11 is 0. The number of aryl methyl sites for hydroxylation is 1. The Balaban J connectivity index is 1.64. The maximum absolute atomic E-state index is 12.8. The van der Waals surface area contributed by atoms with Crippen LogP contribution in [-0.4, -0.2) is 43.5 Å². The van der Waals surface area contributed by atoms with E-state index < -0.39 is 16.1 Å². The van der Waals surface area contributed by atoms with E-state index in [0.717, 1.165) is 47.7 Å². The molecule has 0 atom stereocenters. The molecule has 0 saturated heterocycles. The first-order valence-electron chi connectivity index (χ1n) is 10.1. The van der Waals surface area contributed by atoms with E-state index in [2.05, 4.69) is 27.2 Å². The molecule has 2 heterocycles. The van der Waals surface area contributed by atoms with Crippen LogP contribution in [0.15, 0.2) is 48.0 Å². The second-order valence-electron chi connectivity index (χ2n) is 7.83. The summed E-state index contributed by atoms with van der Waals surface area (Å²) in [6.07, 6.45) is 8.55. The van der Waals surface area contributed by atoms with Gasteiger partial charge in [-0.25, -0.2) is 19.5 Å². The molecular weight excluding hydrogens is 428 g/mol. The Labute approximate surface area is 187 Å². The molecule has 4 rings (SSSR count). The Morgan fingerprint density at radius 3 is 2.44 bits per heavy atom. The number of hydrogen-bond acceptors (Lipinski definition) is 7. The van der Waals surface area contributed by atoms with Gasteiger partial charge < -0.3 is 10.2 Å². The second kappa shape index (κ2) is 8.54. The Morgan fingerprint density at radius 1 is 1.06 bits per heavy atom. The van der Waals surface area contributed by atoms with Gasteiger partial charge in [0.15, 0.2) is 5.03 Å². The summed E-state index contributed by atoms with van der Waals surface area (Å²) in [7, 11) is -0.650. The number of carbonyl (C=O) groups excluding carboxylic acids is 1. The van der Waals surface area contributed by atoms with Gasteiger partial charge >= 0.3 is 6.03 Å². The quantitative estimate of drug-likeness (QED) is 0.611. The van der Waals surface area contributed by atoms with Crippen molar-refractivity contribution in [3.8, 4) is 11.1 Å². The van der Waals surface area contributed by atoms with E-state index >= 15 is 0 Å². The maximum Gasteiger partial charge on any atom is 0.333 e. The molecule has 0 unspecified atom stereocenters. The molecule has 9 nitrogen and oxygen atoms in total. The van der Waals surface area contributed by atoms with E-state index in [1.54, 1.807) is 31.4 Å². The minimum atomic E-state index is -4.19. The zero-order valence-electron chi connectivity index (χ0n) is 18.1. The van der Waals surface area contributed by atoms with E-state index in [0.29, 0.717) is 11.5 Å². The molecular formula is C22H24N6O3S. The van der Waals surface area contributed by atoms with Gasteiger partial charge in [-0.15, -0.1) is 0 Å². The van der Waals surface area contributed by atoms with Crippen LogP contribution < -0.4 is 14.9 Å². The molecule has 0 aliphatic heterocycles. The SMILES string of the molecule is Cc1cc(-c2ccncc2)c(NC(=O)NS(=O)(=O)c2cnc(N(C)C)cn2)c2c1CCC2. The maximum atomic E-state index is 12.8. The van der Waals surface area contributed by atoms with Crippen LogP contribution in [0, 0.1) is 6.92 Å². The topological polar surface area (TPSA) is 117 Å². The molecule has 0 saturated carbocycles. The minimum absolute atomic E-state index is 0.332. The average Bonchev–Trinajstić information content (AvgIpc) is 3.27. The lowest BCUT2D eigenvalue weighted by Crippen LogP contribution is -2.35. The molecule has 1 aliphatic rings. The highest BCUT2D eigenvalue weighted by Gasteiger charge is 2.25. The highest BCUT2D eigenvalue weighted by Crippen LogP contribution is 2.39. The number of nitrogens with zero attached hydrogens (tertiary/aromatic N) is 4. The fourth-order valence-electron chi connectivity index (χ4n) is 3.89. The smallest absolute Gasteiger partial charge is 0.333 e. The predicted molar refractivity (Wildman–Crippen MR) is 122 cm³/mol. The van der Waals surface area contributed by atoms with Crippen LogP contribution in [0.1, 0.15) is 23.1 Å². The van der Waals surface area contributed by atoms with E-state index in [-0.39, 0.29) is 5.03 Å². The molecule has 32 heavy (non-hydrogen) atoms.